The Morgan fingerprint density at radius 3 is 2.75 bits per heavy atom. The molecule has 0 unspecified atom stereocenters. The Morgan fingerprint density at radius 2 is 2.05 bits per heavy atom. The lowest BCUT2D eigenvalue weighted by molar-refractivity contribution is 0.0765. The average molecular weight is 274 g/mol. The summed E-state index contributed by atoms with van der Waals surface area (Å²) in [6.07, 6.45) is 2.90. The highest BCUT2D eigenvalue weighted by molar-refractivity contribution is 5.94. The Kier molecular flexibility index (Phi) is 4.03. The number of amides is 1. The lowest BCUT2D eigenvalue weighted by Gasteiger charge is -2.18. The van der Waals surface area contributed by atoms with Gasteiger partial charge in [-0.15, -0.1) is 0 Å². The molecule has 1 aromatic carbocycles. The Hall–Kier alpha value is -1.39. The normalized spacial score (nSPS) is 23.4. The highest BCUT2D eigenvalue weighted by Gasteiger charge is 2.25. The van der Waals surface area contributed by atoms with Crippen LogP contribution in [0.3, 0.4) is 0 Å². The van der Waals surface area contributed by atoms with Crippen LogP contribution in [0.15, 0.2) is 24.3 Å². The second kappa shape index (κ2) is 5.94. The van der Waals surface area contributed by atoms with Gasteiger partial charge in [-0.2, -0.15) is 0 Å². The van der Waals surface area contributed by atoms with Crippen LogP contribution in [0.2, 0.25) is 0 Å². The van der Waals surface area contributed by atoms with Crippen LogP contribution in [-0.2, 0) is 6.54 Å². The van der Waals surface area contributed by atoms with E-state index in [1.165, 1.54) is 18.4 Å². The van der Waals surface area contributed by atoms with Crippen molar-refractivity contribution in [3.8, 4) is 0 Å². The van der Waals surface area contributed by atoms with Crippen molar-refractivity contribution < 1.29 is 9.90 Å². The summed E-state index contributed by atoms with van der Waals surface area (Å²) in [5.41, 5.74) is 1.95. The van der Waals surface area contributed by atoms with Crippen LogP contribution < -0.4 is 0 Å². The number of aliphatic hydroxyl groups excluding tert-OH is 1. The minimum absolute atomic E-state index is 0.0461. The topological polar surface area (TPSA) is 43.8 Å². The molecule has 20 heavy (non-hydrogen) atoms. The van der Waals surface area contributed by atoms with E-state index in [0.717, 1.165) is 25.2 Å². The molecule has 3 rings (SSSR count). The van der Waals surface area contributed by atoms with Crippen LogP contribution >= 0.6 is 0 Å². The molecule has 0 radical (unpaired) electrons. The molecule has 0 spiro atoms. The Labute approximate surface area is 120 Å². The zero-order valence-corrected chi connectivity index (χ0v) is 11.8. The summed E-state index contributed by atoms with van der Waals surface area (Å²) in [7, 11) is 0. The number of rotatable bonds is 3. The summed E-state index contributed by atoms with van der Waals surface area (Å²) in [5.74, 6) is 0.0461. The highest BCUT2D eigenvalue weighted by atomic mass is 16.3. The van der Waals surface area contributed by atoms with Gasteiger partial charge in [0.1, 0.15) is 0 Å². The van der Waals surface area contributed by atoms with Gasteiger partial charge in [0, 0.05) is 25.2 Å². The Balaban J connectivity index is 1.68. The van der Waals surface area contributed by atoms with Crippen molar-refractivity contribution in [2.75, 3.05) is 26.2 Å². The zero-order valence-electron chi connectivity index (χ0n) is 11.8. The predicted molar refractivity (Wildman–Crippen MR) is 77.5 cm³/mol. The third-order valence-corrected chi connectivity index (χ3v) is 4.23. The molecule has 2 heterocycles. The molecule has 0 aliphatic carbocycles. The van der Waals surface area contributed by atoms with E-state index in [-0.39, 0.29) is 12.0 Å². The molecule has 2 aliphatic rings. The van der Waals surface area contributed by atoms with Crippen molar-refractivity contribution >= 4 is 5.91 Å². The summed E-state index contributed by atoms with van der Waals surface area (Å²) in [6, 6.07) is 7.94. The quantitative estimate of drug-likeness (QED) is 0.908. The highest BCUT2D eigenvalue weighted by Crippen LogP contribution is 2.17. The lowest BCUT2D eigenvalue weighted by atomic mass is 10.1. The van der Waals surface area contributed by atoms with Gasteiger partial charge in [0.05, 0.1) is 6.10 Å². The monoisotopic (exact) mass is 274 g/mol. The number of aliphatic hydroxyl groups is 1. The molecule has 1 N–H and O–H groups in total. The SMILES string of the molecule is O=C(c1cccc(CN2CCCC2)c1)N1CC[C@@H](O)C1. The predicted octanol–water partition coefficient (Wildman–Crippen LogP) is 1.49. The maximum Gasteiger partial charge on any atom is 0.253 e. The van der Waals surface area contributed by atoms with Gasteiger partial charge in [-0.25, -0.2) is 0 Å². The molecule has 1 amide bonds. The van der Waals surface area contributed by atoms with Crippen molar-refractivity contribution in [2.24, 2.45) is 0 Å². The second-order valence-corrected chi connectivity index (χ2v) is 5.88. The van der Waals surface area contributed by atoms with Crippen LogP contribution in [0.4, 0.5) is 0 Å². The minimum Gasteiger partial charge on any atom is -0.391 e. The van der Waals surface area contributed by atoms with E-state index in [1.807, 2.05) is 18.2 Å². The van der Waals surface area contributed by atoms with E-state index in [9.17, 15) is 9.90 Å². The van der Waals surface area contributed by atoms with E-state index in [2.05, 4.69) is 11.0 Å². The minimum atomic E-state index is -0.355. The number of carbonyl (C=O) groups is 1. The Morgan fingerprint density at radius 1 is 1.25 bits per heavy atom. The fraction of sp³-hybridized carbons (Fsp3) is 0.562. The van der Waals surface area contributed by atoms with Crippen LogP contribution in [0.1, 0.15) is 35.2 Å². The van der Waals surface area contributed by atoms with E-state index in [1.54, 1.807) is 4.90 Å². The van der Waals surface area contributed by atoms with Crippen molar-refractivity contribution in [2.45, 2.75) is 31.9 Å². The molecule has 0 saturated carbocycles. The third kappa shape index (κ3) is 3.02. The molecule has 2 fully saturated rings. The van der Waals surface area contributed by atoms with Crippen LogP contribution in [-0.4, -0.2) is 53.1 Å². The van der Waals surface area contributed by atoms with Crippen LogP contribution in [0, 0.1) is 0 Å². The first kappa shape index (κ1) is 13.6. The third-order valence-electron chi connectivity index (χ3n) is 4.23. The largest absolute Gasteiger partial charge is 0.391 e. The summed E-state index contributed by atoms with van der Waals surface area (Å²) < 4.78 is 0. The number of benzene rings is 1. The molecule has 108 valence electrons. The summed E-state index contributed by atoms with van der Waals surface area (Å²) >= 11 is 0. The number of hydrogen-bond donors (Lipinski definition) is 1. The number of carbonyl (C=O) groups excluding carboxylic acids is 1. The molecule has 1 aromatic rings. The van der Waals surface area contributed by atoms with E-state index in [4.69, 9.17) is 0 Å². The zero-order chi connectivity index (χ0) is 13.9. The van der Waals surface area contributed by atoms with Gasteiger partial charge in [-0.1, -0.05) is 12.1 Å². The van der Waals surface area contributed by atoms with E-state index in [0.29, 0.717) is 19.5 Å². The molecule has 1 atom stereocenters. The van der Waals surface area contributed by atoms with Crippen LogP contribution in [0.25, 0.3) is 0 Å². The van der Waals surface area contributed by atoms with Crippen molar-refractivity contribution in [3.05, 3.63) is 35.4 Å². The molecule has 4 nitrogen and oxygen atoms in total. The number of likely N-dealkylation sites (tertiary alicyclic amines) is 2. The smallest absolute Gasteiger partial charge is 0.253 e. The lowest BCUT2D eigenvalue weighted by Crippen LogP contribution is -2.29. The van der Waals surface area contributed by atoms with Gasteiger partial charge in [-0.3, -0.25) is 9.69 Å². The molecule has 0 aromatic heterocycles. The molecular formula is C16H22N2O2. The molecule has 0 bridgehead atoms. The van der Waals surface area contributed by atoms with Crippen molar-refractivity contribution in [1.82, 2.24) is 9.80 Å². The maximum absolute atomic E-state index is 12.4. The molecule has 2 saturated heterocycles. The fourth-order valence-electron chi connectivity index (χ4n) is 3.11. The van der Waals surface area contributed by atoms with Gasteiger partial charge < -0.3 is 10.0 Å². The average Bonchev–Trinajstić information content (AvgIpc) is 3.10. The first-order chi connectivity index (χ1) is 9.72. The van der Waals surface area contributed by atoms with E-state index < -0.39 is 0 Å². The van der Waals surface area contributed by atoms with E-state index >= 15 is 0 Å². The first-order valence-electron chi connectivity index (χ1n) is 7.51. The number of β-amino-alcohol motifs (C(OH)–C–C–N with tert-alkyl or cyclic N) is 1. The molecule has 4 heteroatoms. The maximum atomic E-state index is 12.4. The van der Waals surface area contributed by atoms with Gasteiger partial charge in [0.2, 0.25) is 0 Å². The standard InChI is InChI=1S/C16H22N2O2/c19-15-6-9-18(12-15)16(20)14-5-3-4-13(10-14)11-17-7-1-2-8-17/h3-5,10,15,19H,1-2,6-9,11-12H2/t15-/m1/s1. The molecular weight excluding hydrogens is 252 g/mol. The van der Waals surface area contributed by atoms with Gasteiger partial charge >= 0.3 is 0 Å². The van der Waals surface area contributed by atoms with Gasteiger partial charge in [0.15, 0.2) is 0 Å². The summed E-state index contributed by atoms with van der Waals surface area (Å²) in [5, 5.41) is 9.54. The molecule has 2 aliphatic heterocycles. The first-order valence-corrected chi connectivity index (χ1v) is 7.51. The van der Waals surface area contributed by atoms with Gasteiger partial charge in [-0.05, 0) is 50.0 Å². The van der Waals surface area contributed by atoms with Crippen molar-refractivity contribution in [1.29, 1.82) is 0 Å². The summed E-state index contributed by atoms with van der Waals surface area (Å²) in [6.45, 7) is 4.39. The van der Waals surface area contributed by atoms with Gasteiger partial charge in [0.25, 0.3) is 5.91 Å². The number of nitrogens with zero attached hydrogens (tertiary/aromatic N) is 2. The second-order valence-electron chi connectivity index (χ2n) is 5.88. The fourth-order valence-corrected chi connectivity index (χ4v) is 3.11. The van der Waals surface area contributed by atoms with Crippen molar-refractivity contribution in [3.63, 3.8) is 0 Å². The van der Waals surface area contributed by atoms with Crippen LogP contribution in [0.5, 0.6) is 0 Å². The number of hydrogen-bond acceptors (Lipinski definition) is 3. The summed E-state index contributed by atoms with van der Waals surface area (Å²) in [4.78, 5) is 16.6. The Bertz CT molecular complexity index is 483.